The first kappa shape index (κ1) is 17.8. The van der Waals surface area contributed by atoms with Crippen molar-refractivity contribution in [2.24, 2.45) is 5.41 Å². The molecule has 1 aliphatic heterocycles. The van der Waals surface area contributed by atoms with E-state index < -0.39 is 23.1 Å². The van der Waals surface area contributed by atoms with Gasteiger partial charge < -0.3 is 18.9 Å². The molecule has 6 nitrogen and oxygen atoms in total. The molecule has 1 saturated heterocycles. The number of cyclic esters (lactones) is 2. The molecule has 1 heterocycles. The van der Waals surface area contributed by atoms with Crippen LogP contribution >= 0.6 is 0 Å². The van der Waals surface area contributed by atoms with Gasteiger partial charge >= 0.3 is 12.1 Å². The molecule has 0 aromatic rings. The van der Waals surface area contributed by atoms with Gasteiger partial charge in [0, 0.05) is 6.42 Å². The third kappa shape index (κ3) is 5.91. The molecule has 0 spiro atoms. The van der Waals surface area contributed by atoms with Gasteiger partial charge in [-0.25, -0.2) is 4.79 Å². The Morgan fingerprint density at radius 3 is 2.19 bits per heavy atom. The Morgan fingerprint density at radius 2 is 1.71 bits per heavy atom. The Hall–Kier alpha value is -1.30. The molecule has 122 valence electrons. The first-order valence-electron chi connectivity index (χ1n) is 7.11. The normalized spacial score (nSPS) is 18.7. The van der Waals surface area contributed by atoms with Crippen LogP contribution in [0, 0.1) is 5.41 Å². The molecular formula is C15H26O6. The maximum Gasteiger partial charge on any atom is 0.508 e. The van der Waals surface area contributed by atoms with Crippen LogP contribution in [0.5, 0.6) is 0 Å². The van der Waals surface area contributed by atoms with Crippen LogP contribution in [0.3, 0.4) is 0 Å². The van der Waals surface area contributed by atoms with Gasteiger partial charge in [-0.1, -0.05) is 0 Å². The Labute approximate surface area is 126 Å². The van der Waals surface area contributed by atoms with Crippen LogP contribution in [0.15, 0.2) is 0 Å². The average Bonchev–Trinajstić information content (AvgIpc) is 2.30. The SMILES string of the molecule is CC(C)(C)OCCC(C)(C)OC(=O)C1(C)COC(=O)OC1. The predicted molar refractivity (Wildman–Crippen MR) is 75.9 cm³/mol. The van der Waals surface area contributed by atoms with E-state index in [9.17, 15) is 9.59 Å². The molecule has 0 aromatic heterocycles. The summed E-state index contributed by atoms with van der Waals surface area (Å²) in [4.78, 5) is 23.1. The number of esters is 1. The molecule has 0 atom stereocenters. The van der Waals surface area contributed by atoms with Crippen molar-refractivity contribution < 1.29 is 28.5 Å². The molecule has 0 saturated carbocycles. The molecule has 6 heteroatoms. The molecule has 0 bridgehead atoms. The minimum absolute atomic E-state index is 0.0285. The number of carbonyl (C=O) groups excluding carboxylic acids is 2. The molecular weight excluding hydrogens is 276 g/mol. The first-order valence-corrected chi connectivity index (χ1v) is 7.11. The summed E-state index contributed by atoms with van der Waals surface area (Å²) in [5.41, 5.74) is -1.85. The fraction of sp³-hybridized carbons (Fsp3) is 0.867. The lowest BCUT2D eigenvalue weighted by Crippen LogP contribution is -2.47. The minimum Gasteiger partial charge on any atom is -0.459 e. The van der Waals surface area contributed by atoms with E-state index in [0.717, 1.165) is 0 Å². The molecule has 0 radical (unpaired) electrons. The van der Waals surface area contributed by atoms with Crippen LogP contribution in [-0.4, -0.2) is 43.1 Å². The van der Waals surface area contributed by atoms with E-state index in [1.807, 2.05) is 34.6 Å². The van der Waals surface area contributed by atoms with Crippen molar-refractivity contribution in [1.82, 2.24) is 0 Å². The molecule has 1 rings (SSSR count). The average molecular weight is 302 g/mol. The zero-order valence-electron chi connectivity index (χ0n) is 13.8. The summed E-state index contributed by atoms with van der Waals surface area (Å²) in [5, 5.41) is 0. The van der Waals surface area contributed by atoms with Crippen molar-refractivity contribution in [2.45, 2.75) is 59.2 Å². The van der Waals surface area contributed by atoms with E-state index >= 15 is 0 Å². The molecule has 1 aliphatic rings. The standard InChI is InChI=1S/C15H26O6/c1-13(2,3)20-8-7-14(4,5)21-11(16)15(6)9-18-12(17)19-10-15/h7-10H2,1-6H3. The van der Waals surface area contributed by atoms with E-state index in [-0.39, 0.29) is 18.8 Å². The number of rotatable bonds is 5. The van der Waals surface area contributed by atoms with Crippen LogP contribution in [0.25, 0.3) is 0 Å². The monoisotopic (exact) mass is 302 g/mol. The number of hydrogen-bond donors (Lipinski definition) is 0. The van der Waals surface area contributed by atoms with Gasteiger partial charge in [-0.05, 0) is 41.5 Å². The van der Waals surface area contributed by atoms with E-state index in [0.29, 0.717) is 13.0 Å². The molecule has 0 N–H and O–H groups in total. The van der Waals surface area contributed by atoms with Crippen molar-refractivity contribution in [1.29, 1.82) is 0 Å². The Balaban J connectivity index is 2.50. The maximum atomic E-state index is 12.3. The van der Waals surface area contributed by atoms with E-state index in [4.69, 9.17) is 18.9 Å². The summed E-state index contributed by atoms with van der Waals surface area (Å²) in [7, 11) is 0. The summed E-state index contributed by atoms with van der Waals surface area (Å²) in [6.45, 7) is 11.7. The van der Waals surface area contributed by atoms with Gasteiger partial charge in [0.2, 0.25) is 0 Å². The zero-order valence-corrected chi connectivity index (χ0v) is 13.8. The number of hydrogen-bond acceptors (Lipinski definition) is 6. The van der Waals surface area contributed by atoms with Crippen LogP contribution < -0.4 is 0 Å². The summed E-state index contributed by atoms with van der Waals surface area (Å²) in [5.74, 6) is -0.434. The van der Waals surface area contributed by atoms with Crippen molar-refractivity contribution >= 4 is 12.1 Å². The first-order chi connectivity index (χ1) is 9.44. The van der Waals surface area contributed by atoms with Crippen LogP contribution in [0.2, 0.25) is 0 Å². The fourth-order valence-corrected chi connectivity index (χ4v) is 1.67. The second-order valence-electron chi connectivity index (χ2n) is 7.25. The quantitative estimate of drug-likeness (QED) is 0.727. The highest BCUT2D eigenvalue weighted by Crippen LogP contribution is 2.28. The highest BCUT2D eigenvalue weighted by Gasteiger charge is 2.43. The van der Waals surface area contributed by atoms with Crippen molar-refractivity contribution in [2.75, 3.05) is 19.8 Å². The smallest absolute Gasteiger partial charge is 0.459 e. The molecule has 0 unspecified atom stereocenters. The predicted octanol–water partition coefficient (Wildman–Crippen LogP) is 2.69. The Bertz CT molecular complexity index is 383. The lowest BCUT2D eigenvalue weighted by Gasteiger charge is -2.34. The van der Waals surface area contributed by atoms with Crippen LogP contribution in [0.4, 0.5) is 4.79 Å². The van der Waals surface area contributed by atoms with Gasteiger partial charge in [-0.2, -0.15) is 0 Å². The largest absolute Gasteiger partial charge is 0.508 e. The maximum absolute atomic E-state index is 12.3. The molecule has 0 aromatic carbocycles. The number of ether oxygens (including phenoxy) is 4. The molecule has 1 fully saturated rings. The molecule has 21 heavy (non-hydrogen) atoms. The highest BCUT2D eigenvalue weighted by atomic mass is 16.7. The Morgan fingerprint density at radius 1 is 1.19 bits per heavy atom. The lowest BCUT2D eigenvalue weighted by molar-refractivity contribution is -0.180. The minimum atomic E-state index is -0.962. The van der Waals surface area contributed by atoms with Crippen LogP contribution in [0.1, 0.15) is 48.0 Å². The van der Waals surface area contributed by atoms with Gasteiger partial charge in [-0.3, -0.25) is 4.79 Å². The Kier molecular flexibility index (Phi) is 5.25. The van der Waals surface area contributed by atoms with Crippen molar-refractivity contribution in [3.8, 4) is 0 Å². The van der Waals surface area contributed by atoms with E-state index in [1.165, 1.54) is 0 Å². The third-order valence-corrected chi connectivity index (χ3v) is 3.12. The van der Waals surface area contributed by atoms with E-state index in [1.54, 1.807) is 6.92 Å². The summed E-state index contributed by atoms with van der Waals surface area (Å²) in [6.07, 6.45) is -0.176. The fourth-order valence-electron chi connectivity index (χ4n) is 1.67. The van der Waals surface area contributed by atoms with Gasteiger partial charge in [0.25, 0.3) is 0 Å². The molecule has 0 aliphatic carbocycles. The van der Waals surface area contributed by atoms with Crippen molar-refractivity contribution in [3.63, 3.8) is 0 Å². The summed E-state index contributed by atoms with van der Waals surface area (Å²) >= 11 is 0. The summed E-state index contributed by atoms with van der Waals surface area (Å²) in [6, 6.07) is 0. The van der Waals surface area contributed by atoms with Gasteiger partial charge in [0.1, 0.15) is 24.2 Å². The number of carbonyl (C=O) groups is 2. The third-order valence-electron chi connectivity index (χ3n) is 3.12. The second kappa shape index (κ2) is 6.22. The van der Waals surface area contributed by atoms with E-state index in [2.05, 4.69) is 0 Å². The van der Waals surface area contributed by atoms with Gasteiger partial charge in [0.15, 0.2) is 0 Å². The second-order valence-corrected chi connectivity index (χ2v) is 7.25. The van der Waals surface area contributed by atoms with Gasteiger partial charge in [-0.15, -0.1) is 0 Å². The summed E-state index contributed by atoms with van der Waals surface area (Å²) < 4.78 is 20.7. The zero-order chi connectivity index (χ0) is 16.3. The topological polar surface area (TPSA) is 71.1 Å². The highest BCUT2D eigenvalue weighted by molar-refractivity contribution is 5.78. The van der Waals surface area contributed by atoms with Crippen molar-refractivity contribution in [3.05, 3.63) is 0 Å². The van der Waals surface area contributed by atoms with Crippen LogP contribution in [-0.2, 0) is 23.7 Å². The molecule has 0 amide bonds. The van der Waals surface area contributed by atoms with Gasteiger partial charge in [0.05, 0.1) is 12.2 Å². The lowest BCUT2D eigenvalue weighted by atomic mass is 9.92.